The first-order valence-corrected chi connectivity index (χ1v) is 11.1. The van der Waals surface area contributed by atoms with E-state index in [0.717, 1.165) is 18.4 Å². The summed E-state index contributed by atoms with van der Waals surface area (Å²) < 4.78 is 17.0. The topological polar surface area (TPSA) is 85.2 Å². The van der Waals surface area contributed by atoms with E-state index in [1.54, 1.807) is 6.92 Å². The van der Waals surface area contributed by atoms with Crippen molar-refractivity contribution >= 4 is 17.8 Å². The molecule has 6 nitrogen and oxygen atoms in total. The van der Waals surface area contributed by atoms with E-state index in [0.29, 0.717) is 19.3 Å². The molecule has 0 aromatic heterocycles. The Morgan fingerprint density at radius 1 is 1.28 bits per heavy atom. The van der Waals surface area contributed by atoms with Gasteiger partial charge in [0.15, 0.2) is 0 Å². The van der Waals surface area contributed by atoms with E-state index in [1.807, 2.05) is 27.7 Å². The van der Waals surface area contributed by atoms with Gasteiger partial charge in [-0.1, -0.05) is 26.8 Å². The van der Waals surface area contributed by atoms with Crippen LogP contribution in [0.2, 0.25) is 0 Å². The van der Waals surface area contributed by atoms with E-state index in [2.05, 4.69) is 6.08 Å². The zero-order valence-corrected chi connectivity index (χ0v) is 19.2. The third kappa shape index (κ3) is 5.16. The predicted octanol–water partition coefficient (Wildman–Crippen LogP) is 3.91. The molecule has 3 saturated heterocycles. The largest absolute Gasteiger partial charge is 0.459 e. The highest BCUT2D eigenvalue weighted by Gasteiger charge is 2.50. The number of aliphatic hydroxyl groups is 2. The van der Waals surface area contributed by atoms with Gasteiger partial charge in [0, 0.05) is 12.3 Å². The summed E-state index contributed by atoms with van der Waals surface area (Å²) in [5.41, 5.74) is -0.974. The Balaban J connectivity index is 2.40. The monoisotopic (exact) mass is 432 g/mol. The van der Waals surface area contributed by atoms with Gasteiger partial charge in [0.25, 0.3) is 0 Å². The number of carbonyl (C=O) groups is 1. The predicted molar refractivity (Wildman–Crippen MR) is 111 cm³/mol. The van der Waals surface area contributed by atoms with Crippen molar-refractivity contribution in [3.63, 3.8) is 0 Å². The maximum atomic E-state index is 12.7. The third-order valence-electron chi connectivity index (χ3n) is 6.74. The summed E-state index contributed by atoms with van der Waals surface area (Å²) in [6, 6.07) is 0. The molecule has 2 bridgehead atoms. The van der Waals surface area contributed by atoms with Gasteiger partial charge in [-0.2, -0.15) is 0 Å². The van der Waals surface area contributed by atoms with Crippen molar-refractivity contribution in [3.8, 4) is 0 Å². The zero-order valence-electron chi connectivity index (χ0n) is 18.5. The summed E-state index contributed by atoms with van der Waals surface area (Å²) >= 11 is 5.68. The lowest BCUT2D eigenvalue weighted by Crippen LogP contribution is -2.57. The van der Waals surface area contributed by atoms with E-state index >= 15 is 0 Å². The van der Waals surface area contributed by atoms with Crippen LogP contribution >= 0.6 is 11.9 Å². The summed E-state index contributed by atoms with van der Waals surface area (Å²) in [5, 5.41) is 22.3. The number of rotatable bonds is 3. The van der Waals surface area contributed by atoms with Gasteiger partial charge in [0.1, 0.15) is 11.7 Å². The van der Waals surface area contributed by atoms with E-state index in [9.17, 15) is 15.0 Å². The number of hydrogen-bond acceptors (Lipinski definition) is 6. The van der Waals surface area contributed by atoms with Crippen LogP contribution in [0.25, 0.3) is 0 Å². The van der Waals surface area contributed by atoms with Crippen LogP contribution in [0, 0.1) is 11.8 Å². The van der Waals surface area contributed by atoms with Crippen LogP contribution in [0.5, 0.6) is 0 Å². The van der Waals surface area contributed by atoms with Gasteiger partial charge in [0.2, 0.25) is 0 Å². The molecule has 2 N–H and O–H groups in total. The Labute approximate surface area is 179 Å². The highest BCUT2D eigenvalue weighted by Crippen LogP contribution is 2.44. The van der Waals surface area contributed by atoms with Crippen LogP contribution in [0.4, 0.5) is 0 Å². The Morgan fingerprint density at radius 3 is 2.41 bits per heavy atom. The molecule has 3 aliphatic rings. The maximum absolute atomic E-state index is 12.7. The molecule has 0 saturated carbocycles. The fourth-order valence-electron chi connectivity index (χ4n) is 4.63. The fourth-order valence-corrected chi connectivity index (χ4v) is 4.88. The first-order chi connectivity index (χ1) is 13.5. The molecule has 168 valence electrons. The molecule has 0 radical (unpaired) electrons. The van der Waals surface area contributed by atoms with Crippen LogP contribution in [-0.2, 0) is 18.6 Å². The standard InChI is InChI=1S/C22H37ClO6/c1-7-9-15-13(3)19(24)22(6,26)18(8-2)27-20(25)14(4)16(29-23)10-11-21(5)12-17(15)28-21/h9,13-14,16-19,24,26H,7-8,10-12H2,1-6H3/b15-9+/t13?,14?,16-,17+,18+,19?,21-,22+/m0/s1. The van der Waals surface area contributed by atoms with E-state index < -0.39 is 35.8 Å². The molecule has 3 fully saturated rings. The van der Waals surface area contributed by atoms with Crippen molar-refractivity contribution in [2.45, 2.75) is 109 Å². The second-order valence-corrected chi connectivity index (χ2v) is 9.30. The summed E-state index contributed by atoms with van der Waals surface area (Å²) in [7, 11) is 0. The van der Waals surface area contributed by atoms with Crippen molar-refractivity contribution in [1.82, 2.24) is 0 Å². The molecular formula is C22H37ClO6. The van der Waals surface area contributed by atoms with Crippen LogP contribution < -0.4 is 0 Å². The summed E-state index contributed by atoms with van der Waals surface area (Å²) in [6.07, 6.45) is 2.70. The Kier molecular flexibility index (Phi) is 8.19. The normalized spacial score (nSPS) is 46.0. The SMILES string of the molecule is CC/C=C1\C(C)C(O)[C@](C)(O)[C@@H](CC)OC(=O)C(C)[C@@H](OCl)CC[C@@]2(C)C[C@H]1O2. The van der Waals surface area contributed by atoms with Gasteiger partial charge in [-0.25, -0.2) is 0 Å². The highest BCUT2D eigenvalue weighted by atomic mass is 35.5. The molecule has 3 aliphatic heterocycles. The maximum Gasteiger partial charge on any atom is 0.311 e. The van der Waals surface area contributed by atoms with Gasteiger partial charge < -0.3 is 19.7 Å². The van der Waals surface area contributed by atoms with Crippen molar-refractivity contribution in [2.75, 3.05) is 0 Å². The average Bonchev–Trinajstić information content (AvgIpc) is 2.66. The van der Waals surface area contributed by atoms with Crippen molar-refractivity contribution in [3.05, 3.63) is 11.6 Å². The molecule has 0 aromatic rings. The second kappa shape index (κ2) is 9.65. The smallest absolute Gasteiger partial charge is 0.311 e. The Morgan fingerprint density at radius 2 is 1.90 bits per heavy atom. The van der Waals surface area contributed by atoms with Crippen LogP contribution in [0.1, 0.15) is 73.6 Å². The number of halogens is 1. The van der Waals surface area contributed by atoms with E-state index in [1.165, 1.54) is 6.92 Å². The van der Waals surface area contributed by atoms with Gasteiger partial charge in [0.05, 0.1) is 41.7 Å². The average molecular weight is 433 g/mol. The summed E-state index contributed by atoms with van der Waals surface area (Å²) in [5.74, 6) is -1.45. The summed E-state index contributed by atoms with van der Waals surface area (Å²) in [6.45, 7) is 11.0. The molecular weight excluding hydrogens is 396 g/mol. The molecule has 0 spiro atoms. The number of ether oxygens (including phenoxy) is 2. The zero-order chi connectivity index (χ0) is 22.0. The first kappa shape index (κ1) is 24.6. The molecule has 3 heterocycles. The third-order valence-corrected chi connectivity index (χ3v) is 6.97. The number of esters is 1. The lowest BCUT2D eigenvalue weighted by Gasteiger charge is -2.50. The van der Waals surface area contributed by atoms with Crippen LogP contribution in [-0.4, -0.2) is 51.8 Å². The minimum absolute atomic E-state index is 0.0984. The lowest BCUT2D eigenvalue weighted by molar-refractivity contribution is -0.204. The van der Waals surface area contributed by atoms with Crippen molar-refractivity contribution in [1.29, 1.82) is 0 Å². The quantitative estimate of drug-likeness (QED) is 0.519. The number of hydrogen-bond donors (Lipinski definition) is 2. The lowest BCUT2D eigenvalue weighted by atomic mass is 9.74. The van der Waals surface area contributed by atoms with Crippen molar-refractivity contribution in [2.24, 2.45) is 11.8 Å². The van der Waals surface area contributed by atoms with Gasteiger partial charge in [-0.15, -0.1) is 0 Å². The molecule has 8 atom stereocenters. The minimum Gasteiger partial charge on any atom is -0.459 e. The van der Waals surface area contributed by atoms with Gasteiger partial charge in [-0.05, 0) is 52.0 Å². The van der Waals surface area contributed by atoms with Gasteiger partial charge >= 0.3 is 5.97 Å². The Bertz CT molecular complexity index is 598. The number of allylic oxidation sites excluding steroid dienone is 1. The van der Waals surface area contributed by atoms with Crippen LogP contribution in [0.3, 0.4) is 0 Å². The first-order valence-electron chi connectivity index (χ1n) is 10.8. The van der Waals surface area contributed by atoms with Crippen molar-refractivity contribution < 1.29 is 28.8 Å². The molecule has 0 amide bonds. The fraction of sp³-hybridized carbons (Fsp3) is 0.864. The number of aliphatic hydroxyl groups excluding tert-OH is 1. The molecule has 7 heteroatoms. The highest BCUT2D eigenvalue weighted by molar-refractivity contribution is 6.07. The molecule has 29 heavy (non-hydrogen) atoms. The molecule has 3 rings (SSSR count). The minimum atomic E-state index is -1.62. The van der Waals surface area contributed by atoms with E-state index in [-0.39, 0.29) is 17.6 Å². The van der Waals surface area contributed by atoms with Gasteiger partial charge in [-0.3, -0.25) is 9.08 Å². The number of carbonyl (C=O) groups excluding carboxylic acids is 1. The Hall–Kier alpha value is -0.660. The van der Waals surface area contributed by atoms with E-state index in [4.69, 9.17) is 25.6 Å². The molecule has 0 aromatic carbocycles. The van der Waals surface area contributed by atoms with Crippen LogP contribution in [0.15, 0.2) is 11.6 Å². The molecule has 0 aliphatic carbocycles. The second-order valence-electron chi connectivity index (χ2n) is 9.12. The molecule has 3 unspecified atom stereocenters. The number of fused-ring (bicyclic) bond motifs is 10. The summed E-state index contributed by atoms with van der Waals surface area (Å²) in [4.78, 5) is 12.7.